The molecule has 0 atom stereocenters. The maximum absolute atomic E-state index is 12.3. The van der Waals surface area contributed by atoms with E-state index in [1.807, 2.05) is 27.7 Å². The van der Waals surface area contributed by atoms with Gasteiger partial charge in [0.05, 0.1) is 0 Å². The van der Waals surface area contributed by atoms with Crippen LogP contribution in [0.4, 0.5) is 13.2 Å². The maximum Gasteiger partial charge on any atom is 0.433 e. The summed E-state index contributed by atoms with van der Waals surface area (Å²) >= 11 is 0. The molecule has 0 aliphatic heterocycles. The molecule has 0 fully saturated rings. The van der Waals surface area contributed by atoms with Gasteiger partial charge in [0.1, 0.15) is 5.69 Å². The molecular weight excluding hydrogens is 215 g/mol. The molecule has 0 unspecified atom stereocenters. The van der Waals surface area contributed by atoms with Gasteiger partial charge in [-0.1, -0.05) is 27.7 Å². The maximum atomic E-state index is 12.3. The van der Waals surface area contributed by atoms with Crippen molar-refractivity contribution >= 4 is 0 Å². The molecule has 0 N–H and O–H groups in total. The van der Waals surface area contributed by atoms with Crippen molar-refractivity contribution in [3.63, 3.8) is 0 Å². The predicted molar refractivity (Wildman–Crippen MR) is 59.4 cm³/mol. The highest BCUT2D eigenvalue weighted by Gasteiger charge is 2.33. The van der Waals surface area contributed by atoms with Gasteiger partial charge in [-0.15, -0.1) is 0 Å². The molecule has 0 amide bonds. The number of pyridine rings is 1. The second-order valence-electron chi connectivity index (χ2n) is 3.61. The summed E-state index contributed by atoms with van der Waals surface area (Å²) in [4.78, 5) is 3.58. The van der Waals surface area contributed by atoms with Gasteiger partial charge < -0.3 is 0 Å². The van der Waals surface area contributed by atoms with Gasteiger partial charge in [-0.2, -0.15) is 13.2 Å². The Morgan fingerprint density at radius 1 is 1.12 bits per heavy atom. The van der Waals surface area contributed by atoms with Gasteiger partial charge in [0.2, 0.25) is 0 Å². The van der Waals surface area contributed by atoms with Crippen LogP contribution in [0.5, 0.6) is 0 Å². The quantitative estimate of drug-likeness (QED) is 0.693. The van der Waals surface area contributed by atoms with Crippen molar-refractivity contribution in [2.45, 2.75) is 46.7 Å². The number of halogens is 3. The van der Waals surface area contributed by atoms with E-state index in [4.69, 9.17) is 0 Å². The van der Waals surface area contributed by atoms with Crippen LogP contribution < -0.4 is 0 Å². The molecule has 0 saturated heterocycles. The van der Waals surface area contributed by atoms with Gasteiger partial charge in [0, 0.05) is 5.69 Å². The highest BCUT2D eigenvalue weighted by atomic mass is 19.4. The van der Waals surface area contributed by atoms with E-state index in [-0.39, 0.29) is 5.92 Å². The molecule has 1 rings (SSSR count). The van der Waals surface area contributed by atoms with Gasteiger partial charge in [0.15, 0.2) is 0 Å². The first kappa shape index (κ1) is 14.9. The molecule has 16 heavy (non-hydrogen) atoms. The third-order valence-corrected chi connectivity index (χ3v) is 1.87. The summed E-state index contributed by atoms with van der Waals surface area (Å²) in [6.45, 7) is 9.28. The Hall–Kier alpha value is -1.06. The number of aromatic nitrogens is 1. The molecule has 0 bridgehead atoms. The smallest absolute Gasteiger partial charge is 0.248 e. The molecule has 1 aromatic heterocycles. The Bertz CT molecular complexity index is 330. The number of alkyl halides is 3. The van der Waals surface area contributed by atoms with E-state index in [1.165, 1.54) is 0 Å². The van der Waals surface area contributed by atoms with Gasteiger partial charge in [0.25, 0.3) is 0 Å². The second-order valence-corrected chi connectivity index (χ2v) is 3.61. The molecule has 0 saturated carbocycles. The summed E-state index contributed by atoms with van der Waals surface area (Å²) < 4.78 is 37.0. The van der Waals surface area contributed by atoms with Crippen LogP contribution in [-0.4, -0.2) is 4.98 Å². The van der Waals surface area contributed by atoms with E-state index in [1.54, 1.807) is 13.0 Å². The highest BCUT2D eigenvalue weighted by Crippen LogP contribution is 2.29. The fraction of sp³-hybridized carbons (Fsp3) is 0.583. The van der Waals surface area contributed by atoms with Crippen molar-refractivity contribution in [1.82, 2.24) is 4.98 Å². The van der Waals surface area contributed by atoms with E-state index in [9.17, 15) is 13.2 Å². The molecule has 1 nitrogen and oxygen atoms in total. The standard InChI is InChI=1S/C10H12F3N.C2H6/c1-6(2)8-4-7(3)5-9(14-8)10(11,12)13;1-2/h4-6H,1-3H3;1-2H3. The third-order valence-electron chi connectivity index (χ3n) is 1.87. The minimum atomic E-state index is -4.35. The molecular formula is C12H18F3N. The summed E-state index contributed by atoms with van der Waals surface area (Å²) in [5, 5.41) is 0. The van der Waals surface area contributed by atoms with E-state index >= 15 is 0 Å². The van der Waals surface area contributed by atoms with Gasteiger partial charge >= 0.3 is 6.18 Å². The monoisotopic (exact) mass is 233 g/mol. The van der Waals surface area contributed by atoms with Crippen molar-refractivity contribution in [1.29, 1.82) is 0 Å². The average Bonchev–Trinajstić information content (AvgIpc) is 2.18. The lowest BCUT2D eigenvalue weighted by Crippen LogP contribution is -2.10. The lowest BCUT2D eigenvalue weighted by Gasteiger charge is -2.11. The summed E-state index contributed by atoms with van der Waals surface area (Å²) in [5.41, 5.74) is 0.273. The number of rotatable bonds is 1. The molecule has 0 aromatic carbocycles. The van der Waals surface area contributed by atoms with E-state index in [2.05, 4.69) is 4.98 Å². The van der Waals surface area contributed by atoms with E-state index in [0.717, 1.165) is 6.07 Å². The van der Waals surface area contributed by atoms with Crippen LogP contribution in [0.1, 0.15) is 50.6 Å². The van der Waals surface area contributed by atoms with E-state index in [0.29, 0.717) is 11.3 Å². The first-order valence-electron chi connectivity index (χ1n) is 5.36. The predicted octanol–water partition coefficient (Wildman–Crippen LogP) is 4.56. The number of aryl methyl sites for hydroxylation is 1. The minimum Gasteiger partial charge on any atom is -0.248 e. The Balaban J connectivity index is 0.00000106. The molecule has 0 radical (unpaired) electrons. The fourth-order valence-corrected chi connectivity index (χ4v) is 1.14. The van der Waals surface area contributed by atoms with Crippen molar-refractivity contribution in [3.8, 4) is 0 Å². The largest absolute Gasteiger partial charge is 0.433 e. The number of hydrogen-bond donors (Lipinski definition) is 0. The molecule has 1 heterocycles. The van der Waals surface area contributed by atoms with Crippen LogP contribution in [0.2, 0.25) is 0 Å². The molecule has 1 aromatic rings. The molecule has 0 aliphatic carbocycles. The lowest BCUT2D eigenvalue weighted by atomic mass is 10.1. The SMILES string of the molecule is CC.Cc1cc(C(C)C)nc(C(F)(F)F)c1. The Kier molecular flexibility index (Phi) is 5.48. The van der Waals surface area contributed by atoms with Crippen LogP contribution in [0.15, 0.2) is 12.1 Å². The second kappa shape index (κ2) is 5.87. The first-order chi connectivity index (χ1) is 7.30. The summed E-state index contributed by atoms with van der Waals surface area (Å²) in [6.07, 6.45) is -4.35. The zero-order valence-electron chi connectivity index (χ0n) is 10.3. The van der Waals surface area contributed by atoms with Crippen molar-refractivity contribution in [2.75, 3.05) is 0 Å². The summed E-state index contributed by atoms with van der Waals surface area (Å²) in [7, 11) is 0. The minimum absolute atomic E-state index is 0.0102. The molecule has 0 spiro atoms. The Morgan fingerprint density at radius 3 is 2.00 bits per heavy atom. The zero-order chi connectivity index (χ0) is 12.9. The van der Waals surface area contributed by atoms with Crippen molar-refractivity contribution in [2.24, 2.45) is 0 Å². The summed E-state index contributed by atoms with van der Waals surface area (Å²) in [6, 6.07) is 2.74. The average molecular weight is 233 g/mol. The van der Waals surface area contributed by atoms with Gasteiger partial charge in [-0.05, 0) is 30.5 Å². The Morgan fingerprint density at radius 2 is 1.62 bits per heavy atom. The van der Waals surface area contributed by atoms with Gasteiger partial charge in [-0.25, -0.2) is 4.98 Å². The van der Waals surface area contributed by atoms with Crippen molar-refractivity contribution in [3.05, 3.63) is 29.1 Å². The number of nitrogens with zero attached hydrogens (tertiary/aromatic N) is 1. The number of hydrogen-bond acceptors (Lipinski definition) is 1. The highest BCUT2D eigenvalue weighted by molar-refractivity contribution is 5.23. The van der Waals surface area contributed by atoms with Crippen LogP contribution in [-0.2, 0) is 6.18 Å². The van der Waals surface area contributed by atoms with Crippen LogP contribution in [0.25, 0.3) is 0 Å². The van der Waals surface area contributed by atoms with Crippen LogP contribution in [0, 0.1) is 6.92 Å². The van der Waals surface area contributed by atoms with Crippen molar-refractivity contribution < 1.29 is 13.2 Å². The fourth-order valence-electron chi connectivity index (χ4n) is 1.14. The normalized spacial score (nSPS) is 11.1. The first-order valence-corrected chi connectivity index (χ1v) is 5.36. The Labute approximate surface area is 94.7 Å². The molecule has 0 aliphatic rings. The topological polar surface area (TPSA) is 12.9 Å². The summed E-state index contributed by atoms with van der Waals surface area (Å²) in [5.74, 6) is 0.0102. The van der Waals surface area contributed by atoms with E-state index < -0.39 is 11.9 Å². The molecule has 4 heteroatoms. The van der Waals surface area contributed by atoms with Gasteiger partial charge in [-0.3, -0.25) is 0 Å². The van der Waals surface area contributed by atoms with Crippen LogP contribution in [0.3, 0.4) is 0 Å². The lowest BCUT2D eigenvalue weighted by molar-refractivity contribution is -0.141. The zero-order valence-corrected chi connectivity index (χ0v) is 10.3. The molecule has 92 valence electrons. The third kappa shape index (κ3) is 4.21. The van der Waals surface area contributed by atoms with Crippen LogP contribution >= 0.6 is 0 Å².